The molecular formula is C21H32N6O. The number of aliphatic imine (C=N–C) groups is 1. The molecule has 0 amide bonds. The van der Waals surface area contributed by atoms with Gasteiger partial charge in [-0.3, -0.25) is 0 Å². The monoisotopic (exact) mass is 384 g/mol. The van der Waals surface area contributed by atoms with Crippen LogP contribution in [0.2, 0.25) is 0 Å². The average Bonchev–Trinajstić information content (AvgIpc) is 3.03. The van der Waals surface area contributed by atoms with Crippen LogP contribution in [0.15, 0.2) is 29.3 Å². The van der Waals surface area contributed by atoms with Crippen molar-refractivity contribution in [2.24, 2.45) is 18.0 Å². The van der Waals surface area contributed by atoms with Gasteiger partial charge in [0.15, 0.2) is 11.8 Å². The van der Waals surface area contributed by atoms with Gasteiger partial charge in [0.2, 0.25) is 0 Å². The van der Waals surface area contributed by atoms with Crippen LogP contribution >= 0.6 is 0 Å². The molecular weight excluding hydrogens is 352 g/mol. The predicted octanol–water partition coefficient (Wildman–Crippen LogP) is 2.55. The number of hydrogen-bond donors (Lipinski definition) is 1. The maximum Gasteiger partial charge on any atom is 0.194 e. The summed E-state index contributed by atoms with van der Waals surface area (Å²) in [6.45, 7) is 7.75. The molecule has 1 aromatic heterocycles. The van der Waals surface area contributed by atoms with E-state index in [2.05, 4.69) is 39.5 Å². The maximum absolute atomic E-state index is 5.23. The van der Waals surface area contributed by atoms with Crippen LogP contribution in [-0.4, -0.2) is 52.4 Å². The minimum absolute atomic E-state index is 0.535. The molecule has 0 bridgehead atoms. The third-order valence-corrected chi connectivity index (χ3v) is 5.37. The molecule has 28 heavy (non-hydrogen) atoms. The van der Waals surface area contributed by atoms with Crippen LogP contribution in [0.5, 0.6) is 5.75 Å². The van der Waals surface area contributed by atoms with E-state index in [1.54, 1.807) is 7.11 Å². The van der Waals surface area contributed by atoms with E-state index in [1.807, 2.05) is 30.7 Å². The summed E-state index contributed by atoms with van der Waals surface area (Å²) < 4.78 is 7.23. The zero-order chi connectivity index (χ0) is 19.9. The summed E-state index contributed by atoms with van der Waals surface area (Å²) in [4.78, 5) is 7.25. The lowest BCUT2D eigenvalue weighted by Crippen LogP contribution is -2.46. The van der Waals surface area contributed by atoms with Crippen molar-refractivity contribution >= 4 is 5.96 Å². The van der Waals surface area contributed by atoms with Gasteiger partial charge in [-0.2, -0.15) is 0 Å². The first kappa shape index (κ1) is 20.2. The number of benzene rings is 1. The Balaban J connectivity index is 1.64. The predicted molar refractivity (Wildman–Crippen MR) is 112 cm³/mol. The smallest absolute Gasteiger partial charge is 0.194 e. The van der Waals surface area contributed by atoms with Crippen LogP contribution in [-0.2, 0) is 20.0 Å². The maximum atomic E-state index is 5.23. The number of guanidine groups is 1. The summed E-state index contributed by atoms with van der Waals surface area (Å²) in [5.74, 6) is 4.35. The van der Waals surface area contributed by atoms with Crippen LogP contribution in [0, 0.1) is 12.8 Å². The highest BCUT2D eigenvalue weighted by Gasteiger charge is 2.19. The topological polar surface area (TPSA) is 67.6 Å². The van der Waals surface area contributed by atoms with Gasteiger partial charge in [0.25, 0.3) is 0 Å². The van der Waals surface area contributed by atoms with Gasteiger partial charge in [-0.05, 0) is 49.8 Å². The van der Waals surface area contributed by atoms with Gasteiger partial charge in [0.1, 0.15) is 18.1 Å². The average molecular weight is 385 g/mol. The third kappa shape index (κ3) is 5.24. The number of nitrogens with zero attached hydrogens (tertiary/aromatic N) is 5. The van der Waals surface area contributed by atoms with E-state index in [9.17, 15) is 0 Å². The van der Waals surface area contributed by atoms with Crippen LogP contribution in [0.4, 0.5) is 0 Å². The Morgan fingerprint density at radius 2 is 2.07 bits per heavy atom. The van der Waals surface area contributed by atoms with Gasteiger partial charge >= 0.3 is 0 Å². The summed E-state index contributed by atoms with van der Waals surface area (Å²) >= 11 is 0. The first-order valence-corrected chi connectivity index (χ1v) is 10.1. The highest BCUT2D eigenvalue weighted by atomic mass is 16.5. The van der Waals surface area contributed by atoms with E-state index in [-0.39, 0.29) is 0 Å². The molecule has 0 aliphatic carbocycles. The summed E-state index contributed by atoms with van der Waals surface area (Å²) in [5, 5.41) is 11.9. The zero-order valence-corrected chi connectivity index (χ0v) is 17.5. The van der Waals surface area contributed by atoms with Crippen LogP contribution in [0.1, 0.15) is 37.0 Å². The standard InChI is InChI=1S/C21H32N6O/c1-16-6-5-13-27(15-16)21(23-14-20-25-24-17(2)26(20)3)22-12-11-18-7-9-19(28-4)10-8-18/h7-10,16H,5-6,11-15H2,1-4H3,(H,22,23). The van der Waals surface area contributed by atoms with Crippen molar-refractivity contribution in [1.29, 1.82) is 0 Å². The van der Waals surface area contributed by atoms with Crippen molar-refractivity contribution in [3.8, 4) is 5.75 Å². The first-order chi connectivity index (χ1) is 13.6. The van der Waals surface area contributed by atoms with E-state index in [1.165, 1.54) is 18.4 Å². The number of nitrogens with one attached hydrogen (secondary N) is 1. The van der Waals surface area contributed by atoms with Gasteiger partial charge < -0.3 is 19.5 Å². The second-order valence-electron chi connectivity index (χ2n) is 7.58. The van der Waals surface area contributed by atoms with Crippen molar-refractivity contribution in [3.05, 3.63) is 41.5 Å². The van der Waals surface area contributed by atoms with Gasteiger partial charge in [0, 0.05) is 26.7 Å². The number of rotatable bonds is 6. The fourth-order valence-corrected chi connectivity index (χ4v) is 3.49. The minimum atomic E-state index is 0.535. The summed E-state index contributed by atoms with van der Waals surface area (Å²) in [6, 6.07) is 8.24. The van der Waals surface area contributed by atoms with Crippen molar-refractivity contribution in [3.63, 3.8) is 0 Å². The molecule has 3 rings (SSSR count). The molecule has 1 N–H and O–H groups in total. The highest BCUT2D eigenvalue weighted by Crippen LogP contribution is 2.16. The number of aromatic nitrogens is 3. The molecule has 0 saturated carbocycles. The molecule has 1 fully saturated rings. The lowest BCUT2D eigenvalue weighted by molar-refractivity contribution is 0.265. The second kappa shape index (κ2) is 9.57. The van der Waals surface area contributed by atoms with Crippen molar-refractivity contribution in [2.45, 2.75) is 39.7 Å². The van der Waals surface area contributed by atoms with Gasteiger partial charge in [-0.1, -0.05) is 19.1 Å². The van der Waals surface area contributed by atoms with Crippen molar-refractivity contribution in [2.75, 3.05) is 26.7 Å². The second-order valence-corrected chi connectivity index (χ2v) is 7.58. The Kier molecular flexibility index (Phi) is 6.90. The molecule has 7 nitrogen and oxygen atoms in total. The molecule has 2 aromatic rings. The SMILES string of the molecule is COc1ccc(CCNC(=NCc2nnc(C)n2C)N2CCCC(C)C2)cc1. The van der Waals surface area contributed by atoms with Gasteiger partial charge in [-0.15, -0.1) is 10.2 Å². The molecule has 1 aliphatic rings. The summed E-state index contributed by atoms with van der Waals surface area (Å²) in [6.07, 6.45) is 3.44. The number of aryl methyl sites for hydroxylation is 1. The van der Waals surface area contributed by atoms with Crippen molar-refractivity contribution < 1.29 is 4.74 Å². The quantitative estimate of drug-likeness (QED) is 0.612. The number of hydrogen-bond acceptors (Lipinski definition) is 4. The molecule has 2 heterocycles. The molecule has 7 heteroatoms. The van der Waals surface area contributed by atoms with E-state index < -0.39 is 0 Å². The number of likely N-dealkylation sites (tertiary alicyclic amines) is 1. The van der Waals surface area contributed by atoms with Gasteiger partial charge in [0.05, 0.1) is 7.11 Å². The Hall–Kier alpha value is -2.57. The molecule has 152 valence electrons. The molecule has 0 radical (unpaired) electrons. The lowest BCUT2D eigenvalue weighted by Gasteiger charge is -2.33. The number of piperidine rings is 1. The van der Waals surface area contributed by atoms with Crippen LogP contribution in [0.3, 0.4) is 0 Å². The normalized spacial score (nSPS) is 17.6. The lowest BCUT2D eigenvalue weighted by atomic mass is 10.0. The molecule has 1 saturated heterocycles. The summed E-state index contributed by atoms with van der Waals surface area (Å²) in [5.41, 5.74) is 1.28. The number of methoxy groups -OCH3 is 1. The molecule has 1 unspecified atom stereocenters. The fourth-order valence-electron chi connectivity index (χ4n) is 3.49. The third-order valence-electron chi connectivity index (χ3n) is 5.37. The van der Waals surface area contributed by atoms with Crippen molar-refractivity contribution in [1.82, 2.24) is 25.0 Å². The fraction of sp³-hybridized carbons (Fsp3) is 0.571. The Labute approximate surface area is 167 Å². The molecule has 0 spiro atoms. The minimum Gasteiger partial charge on any atom is -0.497 e. The van der Waals surface area contributed by atoms with E-state index in [4.69, 9.17) is 9.73 Å². The Bertz CT molecular complexity index is 783. The Morgan fingerprint density at radius 3 is 2.71 bits per heavy atom. The van der Waals surface area contributed by atoms with Crippen LogP contribution < -0.4 is 10.1 Å². The van der Waals surface area contributed by atoms with E-state index in [0.29, 0.717) is 12.5 Å². The molecule has 1 aliphatic heterocycles. The summed E-state index contributed by atoms with van der Waals surface area (Å²) in [7, 11) is 3.68. The molecule has 1 atom stereocenters. The van der Waals surface area contributed by atoms with Crippen LogP contribution in [0.25, 0.3) is 0 Å². The number of ether oxygens (including phenoxy) is 1. The van der Waals surface area contributed by atoms with E-state index >= 15 is 0 Å². The van der Waals surface area contributed by atoms with Gasteiger partial charge in [-0.25, -0.2) is 4.99 Å². The largest absolute Gasteiger partial charge is 0.497 e. The molecule has 1 aromatic carbocycles. The zero-order valence-electron chi connectivity index (χ0n) is 17.5. The highest BCUT2D eigenvalue weighted by molar-refractivity contribution is 5.80. The first-order valence-electron chi connectivity index (χ1n) is 10.1. The Morgan fingerprint density at radius 1 is 1.29 bits per heavy atom. The van der Waals surface area contributed by atoms with E-state index in [0.717, 1.165) is 49.4 Å².